The molecule has 0 atom stereocenters. The number of hydrogen-bond acceptors (Lipinski definition) is 4. The number of carbonyl (C=O) groups excluding carboxylic acids is 1. The first-order chi connectivity index (χ1) is 12.2. The van der Waals surface area contributed by atoms with Crippen molar-refractivity contribution in [3.8, 4) is 11.6 Å². The van der Waals surface area contributed by atoms with E-state index in [1.807, 2.05) is 0 Å². The fourth-order valence-electron chi connectivity index (χ4n) is 2.58. The van der Waals surface area contributed by atoms with Crippen LogP contribution < -0.4 is 4.74 Å². The highest BCUT2D eigenvalue weighted by molar-refractivity contribution is 6.42. The zero-order valence-electron chi connectivity index (χ0n) is 14.6. The van der Waals surface area contributed by atoms with Gasteiger partial charge >= 0.3 is 0 Å². The number of amides is 1. The number of ether oxygens (including phenoxy) is 1. The molecule has 1 amide bonds. The Morgan fingerprint density at radius 1 is 1.31 bits per heavy atom. The summed E-state index contributed by atoms with van der Waals surface area (Å²) >= 11 is 12.1. The summed E-state index contributed by atoms with van der Waals surface area (Å²) in [7, 11) is 0. The molecule has 0 spiro atoms. The predicted octanol–water partition coefficient (Wildman–Crippen LogP) is 4.56. The number of carbonyl (C=O) groups is 1. The highest BCUT2D eigenvalue weighted by Crippen LogP contribution is 2.34. The molecule has 0 radical (unpaired) electrons. The van der Waals surface area contributed by atoms with E-state index in [0.717, 1.165) is 12.8 Å². The fraction of sp³-hybridized carbons (Fsp3) is 0.368. The molecular weight excluding hydrogens is 375 g/mol. The average Bonchev–Trinajstić information content (AvgIpc) is 3.41. The van der Waals surface area contributed by atoms with Gasteiger partial charge in [-0.2, -0.15) is 0 Å². The maximum absolute atomic E-state index is 12.8. The van der Waals surface area contributed by atoms with Crippen molar-refractivity contribution in [3.05, 3.63) is 52.1 Å². The van der Waals surface area contributed by atoms with Crippen LogP contribution in [-0.2, 0) is 0 Å². The van der Waals surface area contributed by atoms with Gasteiger partial charge in [0.1, 0.15) is 10.8 Å². The standard InChI is InChI=1S/C19H20Cl2N2O3/c1-19(2,25)11-23(13-7-8-13)18(24)12-6-9-16(22-10-12)26-15-5-3-4-14(20)17(15)21/h3-6,9-10,13,25H,7-8,11H2,1-2H3. The maximum atomic E-state index is 12.8. The van der Waals surface area contributed by atoms with Crippen molar-refractivity contribution in [3.63, 3.8) is 0 Å². The minimum atomic E-state index is -0.946. The highest BCUT2D eigenvalue weighted by Gasteiger charge is 2.36. The van der Waals surface area contributed by atoms with Gasteiger partial charge in [0.05, 0.1) is 16.2 Å². The lowest BCUT2D eigenvalue weighted by molar-refractivity contribution is 0.0279. The van der Waals surface area contributed by atoms with Crippen molar-refractivity contribution in [2.45, 2.75) is 38.3 Å². The van der Waals surface area contributed by atoms with Gasteiger partial charge < -0.3 is 14.7 Å². The zero-order valence-corrected chi connectivity index (χ0v) is 16.1. The van der Waals surface area contributed by atoms with Crippen LogP contribution in [-0.4, -0.2) is 39.1 Å². The molecule has 3 rings (SSSR count). The van der Waals surface area contributed by atoms with Gasteiger partial charge in [-0.3, -0.25) is 4.79 Å². The molecular formula is C19H20Cl2N2O3. The molecule has 1 fully saturated rings. The van der Waals surface area contributed by atoms with Gasteiger partial charge in [0.15, 0.2) is 0 Å². The smallest absolute Gasteiger partial charge is 0.255 e. The largest absolute Gasteiger partial charge is 0.437 e. The molecule has 2 aromatic rings. The van der Waals surface area contributed by atoms with Crippen LogP contribution in [0.1, 0.15) is 37.0 Å². The summed E-state index contributed by atoms with van der Waals surface area (Å²) in [5, 5.41) is 10.8. The molecule has 1 N–H and O–H groups in total. The van der Waals surface area contributed by atoms with Crippen LogP contribution in [0.2, 0.25) is 10.0 Å². The summed E-state index contributed by atoms with van der Waals surface area (Å²) in [4.78, 5) is 18.7. The Labute approximate surface area is 162 Å². The number of halogens is 2. The third-order valence-corrected chi connectivity index (χ3v) is 4.72. The quantitative estimate of drug-likeness (QED) is 0.779. The zero-order chi connectivity index (χ0) is 18.9. The monoisotopic (exact) mass is 394 g/mol. The normalized spacial score (nSPS) is 14.2. The van der Waals surface area contributed by atoms with Gasteiger partial charge in [0, 0.05) is 24.8 Å². The van der Waals surface area contributed by atoms with Crippen LogP contribution in [0.3, 0.4) is 0 Å². The average molecular weight is 395 g/mol. The van der Waals surface area contributed by atoms with E-state index in [1.54, 1.807) is 49.1 Å². The number of benzene rings is 1. The van der Waals surface area contributed by atoms with Crippen molar-refractivity contribution in [1.82, 2.24) is 9.88 Å². The van der Waals surface area contributed by atoms with E-state index in [9.17, 15) is 9.90 Å². The number of hydrogen-bond donors (Lipinski definition) is 1. The first-order valence-electron chi connectivity index (χ1n) is 8.36. The SMILES string of the molecule is CC(C)(O)CN(C(=O)c1ccc(Oc2cccc(Cl)c2Cl)nc1)C1CC1. The number of aromatic nitrogens is 1. The van der Waals surface area contributed by atoms with Crippen LogP contribution in [0.15, 0.2) is 36.5 Å². The Kier molecular flexibility index (Phi) is 5.42. The summed E-state index contributed by atoms with van der Waals surface area (Å²) in [6.45, 7) is 3.67. The fourth-order valence-corrected chi connectivity index (χ4v) is 2.91. The van der Waals surface area contributed by atoms with Crippen molar-refractivity contribution in [2.75, 3.05) is 6.54 Å². The summed E-state index contributed by atoms with van der Waals surface area (Å²) in [5.41, 5.74) is -0.497. The molecule has 1 saturated carbocycles. The molecule has 1 aromatic heterocycles. The molecule has 1 heterocycles. The van der Waals surface area contributed by atoms with Crippen LogP contribution in [0.4, 0.5) is 0 Å². The number of rotatable bonds is 6. The first kappa shape index (κ1) is 19.0. The summed E-state index contributed by atoms with van der Waals surface area (Å²) in [5.74, 6) is 0.563. The lowest BCUT2D eigenvalue weighted by Crippen LogP contribution is -2.43. The van der Waals surface area contributed by atoms with Crippen molar-refractivity contribution in [1.29, 1.82) is 0 Å². The van der Waals surface area contributed by atoms with Crippen molar-refractivity contribution in [2.24, 2.45) is 0 Å². The lowest BCUT2D eigenvalue weighted by Gasteiger charge is -2.29. The molecule has 0 bridgehead atoms. The van der Waals surface area contributed by atoms with E-state index in [2.05, 4.69) is 4.98 Å². The van der Waals surface area contributed by atoms with Crippen molar-refractivity contribution >= 4 is 29.1 Å². The minimum Gasteiger partial charge on any atom is -0.437 e. The summed E-state index contributed by atoms with van der Waals surface area (Å²) < 4.78 is 5.63. The van der Waals surface area contributed by atoms with Gasteiger partial charge in [-0.1, -0.05) is 29.3 Å². The third kappa shape index (κ3) is 4.67. The van der Waals surface area contributed by atoms with Gasteiger partial charge in [0.25, 0.3) is 5.91 Å². The van der Waals surface area contributed by atoms with Gasteiger partial charge in [-0.05, 0) is 44.9 Å². The Morgan fingerprint density at radius 3 is 2.62 bits per heavy atom. The van der Waals surface area contributed by atoms with Gasteiger partial charge in [-0.25, -0.2) is 4.98 Å². The molecule has 1 aliphatic rings. The maximum Gasteiger partial charge on any atom is 0.255 e. The molecule has 0 aliphatic heterocycles. The van der Waals surface area contributed by atoms with E-state index in [1.165, 1.54) is 6.20 Å². The highest BCUT2D eigenvalue weighted by atomic mass is 35.5. The molecule has 0 saturated heterocycles. The third-order valence-electron chi connectivity index (χ3n) is 3.92. The van der Waals surface area contributed by atoms with E-state index >= 15 is 0 Å². The minimum absolute atomic E-state index is 0.144. The number of nitrogens with zero attached hydrogens (tertiary/aromatic N) is 2. The number of pyridine rings is 1. The lowest BCUT2D eigenvalue weighted by atomic mass is 10.1. The molecule has 138 valence electrons. The molecule has 1 aliphatic carbocycles. The van der Waals surface area contributed by atoms with Crippen LogP contribution in [0.25, 0.3) is 0 Å². The second-order valence-electron chi connectivity index (χ2n) is 7.02. The molecule has 5 nitrogen and oxygen atoms in total. The van der Waals surface area contributed by atoms with Crippen LogP contribution >= 0.6 is 23.2 Å². The second-order valence-corrected chi connectivity index (χ2v) is 7.80. The van der Waals surface area contributed by atoms with Crippen molar-refractivity contribution < 1.29 is 14.6 Å². The predicted molar refractivity (Wildman–Crippen MR) is 101 cm³/mol. The van der Waals surface area contributed by atoms with E-state index < -0.39 is 5.60 Å². The van der Waals surface area contributed by atoms with E-state index in [4.69, 9.17) is 27.9 Å². The van der Waals surface area contributed by atoms with Gasteiger partial charge in [0.2, 0.25) is 5.88 Å². The molecule has 0 unspecified atom stereocenters. The first-order valence-corrected chi connectivity index (χ1v) is 9.11. The van der Waals surface area contributed by atoms with Crippen LogP contribution in [0, 0.1) is 0 Å². The topological polar surface area (TPSA) is 62.7 Å². The second kappa shape index (κ2) is 7.43. The Bertz CT molecular complexity index is 799. The summed E-state index contributed by atoms with van der Waals surface area (Å²) in [6, 6.07) is 8.54. The Morgan fingerprint density at radius 2 is 2.04 bits per heavy atom. The van der Waals surface area contributed by atoms with Crippen LogP contribution in [0.5, 0.6) is 11.6 Å². The molecule has 1 aromatic carbocycles. The molecule has 7 heteroatoms. The van der Waals surface area contributed by atoms with E-state index in [-0.39, 0.29) is 18.5 Å². The number of aliphatic hydroxyl groups is 1. The molecule has 26 heavy (non-hydrogen) atoms. The van der Waals surface area contributed by atoms with E-state index in [0.29, 0.717) is 27.2 Å². The Balaban J connectivity index is 1.74. The van der Waals surface area contributed by atoms with Gasteiger partial charge in [-0.15, -0.1) is 0 Å². The summed E-state index contributed by atoms with van der Waals surface area (Å²) in [6.07, 6.45) is 3.39. The Hall–Kier alpha value is -1.82.